The van der Waals surface area contributed by atoms with Crippen molar-refractivity contribution >= 4 is 6.08 Å². The van der Waals surface area contributed by atoms with E-state index in [4.69, 9.17) is 5.53 Å². The molecule has 0 saturated heterocycles. The molecular weight excluding hydrogens is 263 g/mol. The number of nitrogens with zero attached hydrogens (tertiary/aromatic N) is 3. The van der Waals surface area contributed by atoms with E-state index in [-0.39, 0.29) is 12.3 Å². The van der Waals surface area contributed by atoms with Gasteiger partial charge in [-0.15, -0.1) is 13.2 Å². The zero-order chi connectivity index (χ0) is 14.3. The topological polar surface area (TPSA) is 78.2 Å². The van der Waals surface area contributed by atoms with Crippen molar-refractivity contribution in [2.45, 2.75) is 12.8 Å². The molecule has 8 heteroatoms. The van der Waals surface area contributed by atoms with E-state index >= 15 is 0 Å². The summed E-state index contributed by atoms with van der Waals surface area (Å²) in [4.78, 5) is 2.56. The van der Waals surface area contributed by atoms with Gasteiger partial charge < -0.3 is 9.84 Å². The molecule has 0 saturated carbocycles. The van der Waals surface area contributed by atoms with E-state index in [1.807, 2.05) is 0 Å². The van der Waals surface area contributed by atoms with Crippen LogP contribution >= 0.6 is 0 Å². The van der Waals surface area contributed by atoms with Gasteiger partial charge in [0.05, 0.1) is 0 Å². The molecule has 0 aliphatic carbocycles. The zero-order valence-corrected chi connectivity index (χ0v) is 9.63. The number of rotatable bonds is 5. The fraction of sp³-hybridized carbons (Fsp3) is 0.273. The van der Waals surface area contributed by atoms with Gasteiger partial charge in [-0.2, -0.15) is 0 Å². The standard InChI is InChI=1S/C11H10F3N3O2/c12-11(13,14)19-9-5-4-8(10(18)7-9)3-1-2-6-16-17-15/h1,3-5,7,18H,2,6H2. The molecule has 1 aromatic rings. The van der Waals surface area contributed by atoms with E-state index < -0.39 is 12.1 Å². The second-order valence-corrected chi connectivity index (χ2v) is 3.41. The number of hydrogen-bond acceptors (Lipinski definition) is 3. The van der Waals surface area contributed by atoms with Crippen molar-refractivity contribution < 1.29 is 23.0 Å². The zero-order valence-electron chi connectivity index (χ0n) is 9.63. The van der Waals surface area contributed by atoms with Gasteiger partial charge in [0.2, 0.25) is 0 Å². The average molecular weight is 273 g/mol. The third-order valence-electron chi connectivity index (χ3n) is 1.99. The molecule has 0 atom stereocenters. The van der Waals surface area contributed by atoms with E-state index in [0.29, 0.717) is 12.0 Å². The molecule has 0 aliphatic heterocycles. The summed E-state index contributed by atoms with van der Waals surface area (Å²) in [7, 11) is 0. The Labute approximate surface area is 106 Å². The van der Waals surface area contributed by atoms with Crippen LogP contribution in [0.1, 0.15) is 12.0 Å². The Balaban J connectivity index is 2.69. The van der Waals surface area contributed by atoms with E-state index in [1.165, 1.54) is 12.1 Å². The third kappa shape index (κ3) is 5.69. The van der Waals surface area contributed by atoms with Gasteiger partial charge in [0.1, 0.15) is 11.5 Å². The SMILES string of the molecule is [N-]=[N+]=NCCC=Cc1ccc(OC(F)(F)F)cc1O. The van der Waals surface area contributed by atoms with Crippen LogP contribution in [0.4, 0.5) is 13.2 Å². The summed E-state index contributed by atoms with van der Waals surface area (Å²) in [5.74, 6) is -0.821. The molecule has 0 bridgehead atoms. The van der Waals surface area contributed by atoms with Crippen molar-refractivity contribution in [1.29, 1.82) is 0 Å². The van der Waals surface area contributed by atoms with Crippen LogP contribution in [0.2, 0.25) is 0 Å². The van der Waals surface area contributed by atoms with Gasteiger partial charge in [0, 0.05) is 23.1 Å². The molecule has 5 nitrogen and oxygen atoms in total. The second-order valence-electron chi connectivity index (χ2n) is 3.41. The molecule has 1 aromatic carbocycles. The normalized spacial score (nSPS) is 11.3. The second kappa shape index (κ2) is 6.55. The maximum atomic E-state index is 11.9. The fourth-order valence-electron chi connectivity index (χ4n) is 1.25. The van der Waals surface area contributed by atoms with E-state index in [9.17, 15) is 18.3 Å². The third-order valence-corrected chi connectivity index (χ3v) is 1.99. The highest BCUT2D eigenvalue weighted by atomic mass is 19.4. The van der Waals surface area contributed by atoms with Gasteiger partial charge in [-0.05, 0) is 24.1 Å². The van der Waals surface area contributed by atoms with Crippen LogP contribution in [0, 0.1) is 0 Å². The van der Waals surface area contributed by atoms with Crippen molar-refractivity contribution in [2.24, 2.45) is 5.11 Å². The highest BCUT2D eigenvalue weighted by Gasteiger charge is 2.31. The lowest BCUT2D eigenvalue weighted by Gasteiger charge is -2.09. The predicted molar refractivity (Wildman–Crippen MR) is 62.5 cm³/mol. The van der Waals surface area contributed by atoms with Crippen LogP contribution in [-0.4, -0.2) is 18.0 Å². The molecule has 0 unspecified atom stereocenters. The lowest BCUT2D eigenvalue weighted by atomic mass is 10.1. The first-order valence-electron chi connectivity index (χ1n) is 5.18. The molecule has 0 radical (unpaired) electrons. The van der Waals surface area contributed by atoms with Crippen molar-refractivity contribution in [3.8, 4) is 11.5 Å². The van der Waals surface area contributed by atoms with Gasteiger partial charge in [0.25, 0.3) is 0 Å². The molecule has 0 spiro atoms. The summed E-state index contributed by atoms with van der Waals surface area (Å²) in [6.45, 7) is 0.267. The van der Waals surface area contributed by atoms with Gasteiger partial charge >= 0.3 is 6.36 Å². The number of hydrogen-bond donors (Lipinski definition) is 1. The highest BCUT2D eigenvalue weighted by Crippen LogP contribution is 2.28. The Hall–Kier alpha value is -2.34. The maximum Gasteiger partial charge on any atom is 0.573 e. The lowest BCUT2D eigenvalue weighted by molar-refractivity contribution is -0.274. The number of phenolic OH excluding ortho intramolecular Hbond substituents is 1. The number of aromatic hydroxyl groups is 1. The summed E-state index contributed by atoms with van der Waals surface area (Å²) in [5.41, 5.74) is 8.38. The minimum absolute atomic E-state index is 0.267. The van der Waals surface area contributed by atoms with Crippen LogP contribution in [0.3, 0.4) is 0 Å². The van der Waals surface area contributed by atoms with Crippen LogP contribution in [0.25, 0.3) is 16.5 Å². The Kier molecular flexibility index (Phi) is 5.08. The Morgan fingerprint density at radius 2 is 2.16 bits per heavy atom. The molecule has 0 aliphatic rings. The highest BCUT2D eigenvalue weighted by molar-refractivity contribution is 5.58. The molecule has 0 aromatic heterocycles. The van der Waals surface area contributed by atoms with Crippen LogP contribution in [-0.2, 0) is 0 Å². The first-order chi connectivity index (χ1) is 8.92. The minimum Gasteiger partial charge on any atom is -0.507 e. The van der Waals surface area contributed by atoms with Gasteiger partial charge in [0.15, 0.2) is 0 Å². The number of halogens is 3. The number of benzene rings is 1. The molecule has 0 amide bonds. The fourth-order valence-corrected chi connectivity index (χ4v) is 1.25. The smallest absolute Gasteiger partial charge is 0.507 e. The Morgan fingerprint density at radius 1 is 1.42 bits per heavy atom. The van der Waals surface area contributed by atoms with Crippen molar-refractivity contribution in [3.05, 3.63) is 40.3 Å². The maximum absolute atomic E-state index is 11.9. The summed E-state index contributed by atoms with van der Waals surface area (Å²) >= 11 is 0. The number of alkyl halides is 3. The number of phenols is 1. The van der Waals surface area contributed by atoms with Crippen molar-refractivity contribution in [2.75, 3.05) is 6.54 Å². The van der Waals surface area contributed by atoms with Crippen LogP contribution < -0.4 is 4.74 Å². The average Bonchev–Trinajstić information content (AvgIpc) is 2.29. The monoisotopic (exact) mass is 273 g/mol. The predicted octanol–water partition coefficient (Wildman–Crippen LogP) is 4.00. The Morgan fingerprint density at radius 3 is 2.74 bits per heavy atom. The Bertz CT molecular complexity index is 508. The molecule has 0 heterocycles. The summed E-state index contributed by atoms with van der Waals surface area (Å²) in [6.07, 6.45) is -1.18. The molecule has 0 fully saturated rings. The molecule has 102 valence electrons. The molecule has 19 heavy (non-hydrogen) atoms. The minimum atomic E-state index is -4.79. The van der Waals surface area contributed by atoms with E-state index in [0.717, 1.165) is 12.1 Å². The van der Waals surface area contributed by atoms with Gasteiger partial charge in [-0.3, -0.25) is 0 Å². The van der Waals surface area contributed by atoms with E-state index in [1.54, 1.807) is 6.08 Å². The number of ether oxygens (including phenoxy) is 1. The van der Waals surface area contributed by atoms with Gasteiger partial charge in [-0.1, -0.05) is 17.3 Å². The quantitative estimate of drug-likeness (QED) is 0.381. The molecular formula is C11H10F3N3O2. The summed E-state index contributed by atoms with van der Waals surface area (Å²) in [6, 6.07) is 3.27. The lowest BCUT2D eigenvalue weighted by Crippen LogP contribution is -2.16. The number of azide groups is 1. The first kappa shape index (κ1) is 14.7. The van der Waals surface area contributed by atoms with Crippen molar-refractivity contribution in [1.82, 2.24) is 0 Å². The molecule has 1 rings (SSSR count). The summed E-state index contributed by atoms with van der Waals surface area (Å²) < 4.78 is 39.5. The molecule has 1 N–H and O–H groups in total. The van der Waals surface area contributed by atoms with Crippen molar-refractivity contribution in [3.63, 3.8) is 0 Å². The first-order valence-corrected chi connectivity index (χ1v) is 5.18. The summed E-state index contributed by atoms with van der Waals surface area (Å²) in [5, 5.41) is 12.8. The van der Waals surface area contributed by atoms with Gasteiger partial charge in [-0.25, -0.2) is 0 Å². The largest absolute Gasteiger partial charge is 0.573 e. The van der Waals surface area contributed by atoms with E-state index in [2.05, 4.69) is 14.8 Å². The van der Waals surface area contributed by atoms with Crippen LogP contribution in [0.15, 0.2) is 29.4 Å². The van der Waals surface area contributed by atoms with Crippen LogP contribution in [0.5, 0.6) is 11.5 Å².